The lowest BCUT2D eigenvalue weighted by atomic mass is 10.1. The van der Waals surface area contributed by atoms with E-state index in [0.717, 1.165) is 15.8 Å². The molecule has 2 aromatic carbocycles. The summed E-state index contributed by atoms with van der Waals surface area (Å²) in [5.41, 5.74) is 3.94. The van der Waals surface area contributed by atoms with Crippen LogP contribution < -0.4 is 4.80 Å². The van der Waals surface area contributed by atoms with E-state index < -0.39 is 0 Å². The third-order valence-corrected chi connectivity index (χ3v) is 4.86. The van der Waals surface area contributed by atoms with Crippen molar-refractivity contribution >= 4 is 27.5 Å². The van der Waals surface area contributed by atoms with Crippen LogP contribution in [-0.2, 0) is 11.3 Å². The van der Waals surface area contributed by atoms with E-state index >= 15 is 0 Å². The predicted molar refractivity (Wildman–Crippen MR) is 97.5 cm³/mol. The smallest absolute Gasteiger partial charge is 0.279 e. The molecule has 3 rings (SSSR count). The highest BCUT2D eigenvalue weighted by atomic mass is 32.1. The second-order valence-corrected chi connectivity index (χ2v) is 6.80. The van der Waals surface area contributed by atoms with Gasteiger partial charge >= 0.3 is 0 Å². The van der Waals surface area contributed by atoms with Crippen LogP contribution in [0.3, 0.4) is 0 Å². The molecule has 0 bridgehead atoms. The molecule has 0 spiro atoms. The summed E-state index contributed by atoms with van der Waals surface area (Å²) < 4.78 is 8.38. The third kappa shape index (κ3) is 3.47. The van der Waals surface area contributed by atoms with Gasteiger partial charge in [-0.25, -0.2) is 0 Å². The largest absolute Gasteiger partial charge is 0.383 e. The van der Waals surface area contributed by atoms with Crippen LogP contribution in [0.2, 0.25) is 0 Å². The number of aryl methyl sites for hydroxylation is 2. The lowest BCUT2D eigenvalue weighted by Crippen LogP contribution is -2.19. The van der Waals surface area contributed by atoms with Crippen molar-refractivity contribution in [3.8, 4) is 0 Å². The second-order valence-electron chi connectivity index (χ2n) is 5.79. The fourth-order valence-corrected chi connectivity index (χ4v) is 3.75. The van der Waals surface area contributed by atoms with E-state index in [1.807, 2.05) is 25.1 Å². The van der Waals surface area contributed by atoms with Crippen LogP contribution in [0, 0.1) is 13.8 Å². The van der Waals surface area contributed by atoms with Crippen LogP contribution in [-0.4, -0.2) is 24.2 Å². The Morgan fingerprint density at radius 3 is 2.71 bits per heavy atom. The van der Waals surface area contributed by atoms with Gasteiger partial charge in [0, 0.05) is 19.2 Å². The summed E-state index contributed by atoms with van der Waals surface area (Å²) in [6.45, 7) is 5.27. The number of carbonyl (C=O) groups excluding carboxylic acids is 1. The molecule has 24 heavy (non-hydrogen) atoms. The fraction of sp³-hybridized carbons (Fsp3) is 0.263. The first-order valence-corrected chi connectivity index (χ1v) is 8.65. The molecule has 0 atom stereocenters. The fourth-order valence-electron chi connectivity index (χ4n) is 2.59. The van der Waals surface area contributed by atoms with Gasteiger partial charge in [0.05, 0.1) is 16.8 Å². The van der Waals surface area contributed by atoms with Gasteiger partial charge in [-0.05, 0) is 43.7 Å². The van der Waals surface area contributed by atoms with E-state index in [-0.39, 0.29) is 5.91 Å². The molecular weight excluding hydrogens is 320 g/mol. The van der Waals surface area contributed by atoms with Crippen molar-refractivity contribution in [3.63, 3.8) is 0 Å². The van der Waals surface area contributed by atoms with Gasteiger partial charge in [-0.2, -0.15) is 4.99 Å². The maximum atomic E-state index is 12.5. The summed E-state index contributed by atoms with van der Waals surface area (Å²) in [7, 11) is 1.67. The van der Waals surface area contributed by atoms with E-state index in [4.69, 9.17) is 4.74 Å². The minimum atomic E-state index is -0.215. The molecule has 4 nitrogen and oxygen atoms in total. The van der Waals surface area contributed by atoms with Gasteiger partial charge in [0.15, 0.2) is 4.80 Å². The highest BCUT2D eigenvalue weighted by molar-refractivity contribution is 7.16. The molecule has 5 heteroatoms. The number of amides is 1. The number of fused-ring (bicyclic) bond motifs is 1. The van der Waals surface area contributed by atoms with Gasteiger partial charge in [-0.3, -0.25) is 4.79 Å². The highest BCUT2D eigenvalue weighted by Crippen LogP contribution is 2.19. The molecule has 0 radical (unpaired) electrons. The predicted octanol–water partition coefficient (Wildman–Crippen LogP) is 3.71. The van der Waals surface area contributed by atoms with E-state index in [0.29, 0.717) is 23.5 Å². The number of ether oxygens (including phenoxy) is 1. The monoisotopic (exact) mass is 340 g/mol. The molecule has 0 aliphatic rings. The standard InChI is InChI=1S/C19H20N2O2S/c1-13-5-4-6-15(11-13)18(22)20-19-21(9-10-23-3)16-8-7-14(2)12-17(16)24-19/h4-8,11-12H,9-10H2,1-3H3. The maximum absolute atomic E-state index is 12.5. The number of benzene rings is 2. The Bertz CT molecular complexity index is 953. The Labute approximate surface area is 145 Å². The van der Waals surface area contributed by atoms with Crippen molar-refractivity contribution in [3.05, 3.63) is 64.0 Å². The van der Waals surface area contributed by atoms with Crippen molar-refractivity contribution in [1.82, 2.24) is 4.57 Å². The molecule has 0 saturated heterocycles. The molecule has 1 aromatic heterocycles. The van der Waals surface area contributed by atoms with E-state index in [2.05, 4.69) is 34.7 Å². The lowest BCUT2D eigenvalue weighted by Gasteiger charge is -2.04. The Hall–Kier alpha value is -2.24. The van der Waals surface area contributed by atoms with E-state index in [1.54, 1.807) is 13.2 Å². The molecule has 0 saturated carbocycles. The molecule has 1 heterocycles. The average molecular weight is 340 g/mol. The number of rotatable bonds is 4. The van der Waals surface area contributed by atoms with Crippen molar-refractivity contribution in [1.29, 1.82) is 0 Å². The van der Waals surface area contributed by atoms with Gasteiger partial charge in [0.25, 0.3) is 5.91 Å². The lowest BCUT2D eigenvalue weighted by molar-refractivity contribution is 0.0997. The Morgan fingerprint density at radius 2 is 1.96 bits per heavy atom. The highest BCUT2D eigenvalue weighted by Gasteiger charge is 2.09. The van der Waals surface area contributed by atoms with Crippen LogP contribution >= 0.6 is 11.3 Å². The zero-order valence-electron chi connectivity index (χ0n) is 14.1. The van der Waals surface area contributed by atoms with Crippen LogP contribution in [0.4, 0.5) is 0 Å². The maximum Gasteiger partial charge on any atom is 0.279 e. The number of aromatic nitrogens is 1. The van der Waals surface area contributed by atoms with Crippen LogP contribution in [0.15, 0.2) is 47.5 Å². The van der Waals surface area contributed by atoms with Gasteiger partial charge < -0.3 is 9.30 Å². The van der Waals surface area contributed by atoms with E-state index in [1.165, 1.54) is 16.9 Å². The normalized spacial score (nSPS) is 12.0. The summed E-state index contributed by atoms with van der Waals surface area (Å²) >= 11 is 1.54. The molecule has 0 N–H and O–H groups in total. The zero-order chi connectivity index (χ0) is 17.1. The van der Waals surface area contributed by atoms with Crippen LogP contribution in [0.25, 0.3) is 10.2 Å². The van der Waals surface area contributed by atoms with Crippen molar-refractivity contribution in [2.24, 2.45) is 4.99 Å². The average Bonchev–Trinajstić information content (AvgIpc) is 2.89. The second kappa shape index (κ2) is 7.11. The van der Waals surface area contributed by atoms with Gasteiger partial charge in [0.1, 0.15) is 0 Å². The Morgan fingerprint density at radius 1 is 1.17 bits per heavy atom. The number of thiazole rings is 1. The molecule has 3 aromatic rings. The van der Waals surface area contributed by atoms with Gasteiger partial charge in [-0.15, -0.1) is 0 Å². The molecule has 1 amide bonds. The molecule has 0 fully saturated rings. The third-order valence-electron chi connectivity index (χ3n) is 3.82. The minimum absolute atomic E-state index is 0.215. The number of hydrogen-bond acceptors (Lipinski definition) is 3. The molecule has 0 unspecified atom stereocenters. The summed E-state index contributed by atoms with van der Waals surface area (Å²) in [5, 5.41) is 0. The zero-order valence-corrected chi connectivity index (χ0v) is 14.9. The Kier molecular flexibility index (Phi) is 4.92. The molecule has 0 aliphatic heterocycles. The first kappa shape index (κ1) is 16.6. The SMILES string of the molecule is COCCn1c(=NC(=O)c2cccc(C)c2)sc2cc(C)ccc21. The summed E-state index contributed by atoms with van der Waals surface area (Å²) in [4.78, 5) is 17.6. The number of hydrogen-bond donors (Lipinski definition) is 0. The van der Waals surface area contributed by atoms with Gasteiger partial charge in [-0.1, -0.05) is 35.1 Å². The summed E-state index contributed by atoms with van der Waals surface area (Å²) in [6.07, 6.45) is 0. The summed E-state index contributed by atoms with van der Waals surface area (Å²) in [5.74, 6) is -0.215. The van der Waals surface area contributed by atoms with Crippen LogP contribution in [0.1, 0.15) is 21.5 Å². The van der Waals surface area contributed by atoms with E-state index in [9.17, 15) is 4.79 Å². The number of methoxy groups -OCH3 is 1. The van der Waals surface area contributed by atoms with Crippen molar-refractivity contribution < 1.29 is 9.53 Å². The van der Waals surface area contributed by atoms with Gasteiger partial charge in [0.2, 0.25) is 0 Å². The topological polar surface area (TPSA) is 43.6 Å². The molecule has 0 aliphatic carbocycles. The first-order chi connectivity index (χ1) is 11.6. The minimum Gasteiger partial charge on any atom is -0.383 e. The number of carbonyl (C=O) groups is 1. The van der Waals surface area contributed by atoms with Crippen LogP contribution in [0.5, 0.6) is 0 Å². The first-order valence-electron chi connectivity index (χ1n) is 7.83. The molecular formula is C19H20N2O2S. The quantitative estimate of drug-likeness (QED) is 0.727. The Balaban J connectivity index is 2.11. The van der Waals surface area contributed by atoms with Crippen molar-refractivity contribution in [2.75, 3.05) is 13.7 Å². The molecule has 124 valence electrons. The number of nitrogens with zero attached hydrogens (tertiary/aromatic N) is 2. The van der Waals surface area contributed by atoms with Crippen molar-refractivity contribution in [2.45, 2.75) is 20.4 Å². The summed E-state index contributed by atoms with van der Waals surface area (Å²) in [6, 6.07) is 13.8.